The Labute approximate surface area is 93.6 Å². The van der Waals surface area contributed by atoms with Crippen molar-refractivity contribution < 1.29 is 4.74 Å². The van der Waals surface area contributed by atoms with E-state index in [1.54, 1.807) is 7.11 Å². The molecule has 0 spiro atoms. The van der Waals surface area contributed by atoms with Gasteiger partial charge >= 0.3 is 0 Å². The first-order valence-electron chi connectivity index (χ1n) is 4.72. The van der Waals surface area contributed by atoms with E-state index in [4.69, 9.17) is 10.5 Å². The lowest BCUT2D eigenvalue weighted by Gasteiger charge is -2.13. The maximum atomic E-state index is 5.53. The fourth-order valence-corrected chi connectivity index (χ4v) is 2.19. The molecule has 0 radical (unpaired) electrons. The number of hydrogen-bond acceptors (Lipinski definition) is 2. The van der Waals surface area contributed by atoms with Gasteiger partial charge in [-0.05, 0) is 36.6 Å². The number of nitrogens with two attached hydrogens (primary N) is 1. The summed E-state index contributed by atoms with van der Waals surface area (Å²) in [4.78, 5) is 0. The van der Waals surface area contributed by atoms with Gasteiger partial charge in [0.05, 0.1) is 7.11 Å². The molecule has 0 heterocycles. The quantitative estimate of drug-likeness (QED) is 0.901. The molecule has 78 valence electrons. The van der Waals surface area contributed by atoms with Crippen LogP contribution < -0.4 is 10.5 Å². The van der Waals surface area contributed by atoms with Gasteiger partial charge in [0.1, 0.15) is 5.75 Å². The van der Waals surface area contributed by atoms with Crippen molar-refractivity contribution in [3.8, 4) is 5.75 Å². The van der Waals surface area contributed by atoms with Crippen molar-refractivity contribution in [1.82, 2.24) is 0 Å². The van der Waals surface area contributed by atoms with Crippen molar-refractivity contribution in [2.24, 2.45) is 5.73 Å². The molecular weight excluding hydrogens is 242 g/mol. The molecule has 1 aromatic carbocycles. The molecule has 1 atom stereocenters. The standard InChI is InChI=1S/C11H16BrNO/c1-8(5-6-13)10-4-3-9(14-2)7-11(10)12/h3-4,7-8H,5-6,13H2,1-2H3. The summed E-state index contributed by atoms with van der Waals surface area (Å²) in [6.07, 6.45) is 1.00. The smallest absolute Gasteiger partial charge is 0.120 e. The molecule has 0 fully saturated rings. The number of hydrogen-bond donors (Lipinski definition) is 1. The topological polar surface area (TPSA) is 35.2 Å². The van der Waals surface area contributed by atoms with E-state index in [1.807, 2.05) is 12.1 Å². The number of halogens is 1. The summed E-state index contributed by atoms with van der Waals surface area (Å²) in [6.45, 7) is 2.90. The zero-order chi connectivity index (χ0) is 10.6. The Balaban J connectivity index is 2.88. The largest absolute Gasteiger partial charge is 0.497 e. The lowest BCUT2D eigenvalue weighted by molar-refractivity contribution is 0.414. The first-order chi connectivity index (χ1) is 6.69. The predicted octanol–water partition coefficient (Wildman–Crippen LogP) is 2.91. The maximum Gasteiger partial charge on any atom is 0.120 e. The highest BCUT2D eigenvalue weighted by atomic mass is 79.9. The minimum Gasteiger partial charge on any atom is -0.497 e. The van der Waals surface area contributed by atoms with Crippen molar-refractivity contribution in [3.05, 3.63) is 28.2 Å². The van der Waals surface area contributed by atoms with Crippen LogP contribution in [0.25, 0.3) is 0 Å². The molecule has 1 unspecified atom stereocenters. The average molecular weight is 258 g/mol. The van der Waals surface area contributed by atoms with Gasteiger partial charge in [0.2, 0.25) is 0 Å². The van der Waals surface area contributed by atoms with Gasteiger partial charge in [-0.3, -0.25) is 0 Å². The Hall–Kier alpha value is -0.540. The summed E-state index contributed by atoms with van der Waals surface area (Å²) in [5, 5.41) is 0. The Morgan fingerprint density at radius 3 is 2.71 bits per heavy atom. The molecule has 1 rings (SSSR count). The van der Waals surface area contributed by atoms with E-state index >= 15 is 0 Å². The minimum absolute atomic E-state index is 0.486. The van der Waals surface area contributed by atoms with Gasteiger partial charge in [0, 0.05) is 4.47 Å². The van der Waals surface area contributed by atoms with Crippen molar-refractivity contribution in [3.63, 3.8) is 0 Å². The van der Waals surface area contributed by atoms with Crippen LogP contribution in [0.1, 0.15) is 24.8 Å². The van der Waals surface area contributed by atoms with E-state index in [9.17, 15) is 0 Å². The molecule has 0 saturated carbocycles. The van der Waals surface area contributed by atoms with Gasteiger partial charge in [-0.25, -0.2) is 0 Å². The van der Waals surface area contributed by atoms with E-state index in [0.29, 0.717) is 5.92 Å². The van der Waals surface area contributed by atoms with Crippen LogP contribution in [0.5, 0.6) is 5.75 Å². The van der Waals surface area contributed by atoms with Crippen LogP contribution in [0.2, 0.25) is 0 Å². The van der Waals surface area contributed by atoms with Crippen LogP contribution in [0.4, 0.5) is 0 Å². The third-order valence-corrected chi connectivity index (χ3v) is 3.02. The second-order valence-corrected chi connectivity index (χ2v) is 4.22. The third kappa shape index (κ3) is 2.72. The second-order valence-electron chi connectivity index (χ2n) is 3.37. The van der Waals surface area contributed by atoms with Crippen molar-refractivity contribution >= 4 is 15.9 Å². The van der Waals surface area contributed by atoms with Crippen LogP contribution in [-0.2, 0) is 0 Å². The molecule has 2 nitrogen and oxygen atoms in total. The molecule has 3 heteroatoms. The van der Waals surface area contributed by atoms with Gasteiger partial charge in [0.15, 0.2) is 0 Å². The first kappa shape index (κ1) is 11.5. The average Bonchev–Trinajstić information content (AvgIpc) is 2.17. The van der Waals surface area contributed by atoms with Crippen LogP contribution in [0, 0.1) is 0 Å². The molecule has 1 aromatic rings. The highest BCUT2D eigenvalue weighted by Gasteiger charge is 2.08. The molecule has 0 bridgehead atoms. The van der Waals surface area contributed by atoms with Gasteiger partial charge in [-0.1, -0.05) is 28.9 Å². The van der Waals surface area contributed by atoms with Crippen molar-refractivity contribution in [2.45, 2.75) is 19.3 Å². The van der Waals surface area contributed by atoms with Gasteiger partial charge in [-0.2, -0.15) is 0 Å². The number of methoxy groups -OCH3 is 1. The van der Waals surface area contributed by atoms with E-state index < -0.39 is 0 Å². The summed E-state index contributed by atoms with van der Waals surface area (Å²) >= 11 is 3.54. The van der Waals surface area contributed by atoms with Crippen LogP contribution in [0.3, 0.4) is 0 Å². The van der Waals surface area contributed by atoms with E-state index in [0.717, 1.165) is 23.2 Å². The summed E-state index contributed by atoms with van der Waals surface area (Å²) in [5.41, 5.74) is 6.82. The maximum absolute atomic E-state index is 5.53. The summed E-state index contributed by atoms with van der Waals surface area (Å²) in [7, 11) is 1.67. The number of ether oxygens (including phenoxy) is 1. The zero-order valence-corrected chi connectivity index (χ0v) is 10.2. The molecule has 0 aliphatic heterocycles. The van der Waals surface area contributed by atoms with Gasteiger partial charge in [0.25, 0.3) is 0 Å². The normalized spacial score (nSPS) is 12.6. The highest BCUT2D eigenvalue weighted by molar-refractivity contribution is 9.10. The van der Waals surface area contributed by atoms with Crippen molar-refractivity contribution in [2.75, 3.05) is 13.7 Å². The van der Waals surface area contributed by atoms with E-state index in [1.165, 1.54) is 5.56 Å². The number of rotatable bonds is 4. The number of benzene rings is 1. The zero-order valence-electron chi connectivity index (χ0n) is 8.59. The second kappa shape index (κ2) is 5.37. The van der Waals surface area contributed by atoms with Gasteiger partial charge in [-0.15, -0.1) is 0 Å². The first-order valence-corrected chi connectivity index (χ1v) is 5.51. The van der Waals surface area contributed by atoms with Crippen molar-refractivity contribution in [1.29, 1.82) is 0 Å². The fourth-order valence-electron chi connectivity index (χ4n) is 1.44. The predicted molar refractivity (Wildman–Crippen MR) is 62.8 cm³/mol. The fraction of sp³-hybridized carbons (Fsp3) is 0.455. The van der Waals surface area contributed by atoms with Crippen LogP contribution in [0.15, 0.2) is 22.7 Å². The Kier molecular flexibility index (Phi) is 4.42. The molecule has 0 amide bonds. The third-order valence-electron chi connectivity index (χ3n) is 2.34. The van der Waals surface area contributed by atoms with E-state index in [2.05, 4.69) is 28.9 Å². The van der Waals surface area contributed by atoms with Crippen LogP contribution >= 0.6 is 15.9 Å². The van der Waals surface area contributed by atoms with E-state index in [-0.39, 0.29) is 0 Å². The monoisotopic (exact) mass is 257 g/mol. The summed E-state index contributed by atoms with van der Waals surface area (Å²) < 4.78 is 6.23. The minimum atomic E-state index is 0.486. The molecule has 14 heavy (non-hydrogen) atoms. The molecule has 2 N–H and O–H groups in total. The molecule has 0 saturated heterocycles. The molecule has 0 aliphatic carbocycles. The lowest BCUT2D eigenvalue weighted by Crippen LogP contribution is -2.05. The highest BCUT2D eigenvalue weighted by Crippen LogP contribution is 2.29. The van der Waals surface area contributed by atoms with Crippen LogP contribution in [-0.4, -0.2) is 13.7 Å². The SMILES string of the molecule is COc1ccc(C(C)CCN)c(Br)c1. The van der Waals surface area contributed by atoms with Gasteiger partial charge < -0.3 is 10.5 Å². The lowest BCUT2D eigenvalue weighted by atomic mass is 9.98. The Bertz CT molecular complexity index is 301. The Morgan fingerprint density at radius 2 is 2.21 bits per heavy atom. The Morgan fingerprint density at radius 1 is 1.50 bits per heavy atom. The molecular formula is C11H16BrNO. The molecule has 0 aromatic heterocycles. The molecule has 0 aliphatic rings. The summed E-state index contributed by atoms with van der Waals surface area (Å²) in [5.74, 6) is 1.36. The summed E-state index contributed by atoms with van der Waals surface area (Å²) in [6, 6.07) is 6.05.